The molecule has 1 heterocycles. The van der Waals surface area contributed by atoms with Gasteiger partial charge in [-0.25, -0.2) is 4.79 Å². The van der Waals surface area contributed by atoms with Crippen molar-refractivity contribution in [2.75, 3.05) is 12.4 Å². The van der Waals surface area contributed by atoms with Crippen molar-refractivity contribution in [2.24, 2.45) is 0 Å². The third kappa shape index (κ3) is 4.01. The van der Waals surface area contributed by atoms with Gasteiger partial charge in [-0.1, -0.05) is 42.5 Å². The van der Waals surface area contributed by atoms with E-state index in [1.165, 1.54) is 7.11 Å². The number of anilines is 1. The van der Waals surface area contributed by atoms with Gasteiger partial charge in [-0.3, -0.25) is 9.48 Å². The number of methoxy groups -OCH3 is 1. The number of nitrogens with one attached hydrogen (secondary N) is 1. The minimum absolute atomic E-state index is 0.294. The highest BCUT2D eigenvalue weighted by atomic mass is 16.5. The summed E-state index contributed by atoms with van der Waals surface area (Å²) < 4.78 is 6.64. The second-order valence-corrected chi connectivity index (χ2v) is 6.57. The summed E-state index contributed by atoms with van der Waals surface area (Å²) in [6.45, 7) is 0.613. The van der Waals surface area contributed by atoms with Crippen molar-refractivity contribution < 1.29 is 14.3 Å². The molecule has 6 nitrogen and oxygen atoms in total. The Morgan fingerprint density at radius 2 is 1.69 bits per heavy atom. The number of rotatable bonds is 5. The first-order chi connectivity index (χ1) is 14.1. The largest absolute Gasteiger partial charge is 0.465 e. The number of para-hydroxylation sites is 1. The van der Waals surface area contributed by atoms with Gasteiger partial charge in [0.25, 0.3) is 5.91 Å². The second-order valence-electron chi connectivity index (χ2n) is 6.57. The number of fused-ring (bicyclic) bond motifs is 1. The summed E-state index contributed by atoms with van der Waals surface area (Å²) in [5, 5.41) is 8.41. The van der Waals surface area contributed by atoms with Crippen molar-refractivity contribution in [1.29, 1.82) is 0 Å². The Kier molecular flexibility index (Phi) is 5.07. The van der Waals surface area contributed by atoms with Gasteiger partial charge in [-0.2, -0.15) is 5.10 Å². The first kappa shape index (κ1) is 18.4. The topological polar surface area (TPSA) is 73.2 Å². The molecule has 1 amide bonds. The third-order valence-electron chi connectivity index (χ3n) is 4.60. The molecule has 0 spiro atoms. The van der Waals surface area contributed by atoms with Gasteiger partial charge in [0, 0.05) is 17.1 Å². The Balaban J connectivity index is 1.48. The molecule has 4 aromatic rings. The molecule has 0 aliphatic rings. The minimum Gasteiger partial charge on any atom is -0.465 e. The lowest BCUT2D eigenvalue weighted by Crippen LogP contribution is -2.15. The normalized spacial score (nSPS) is 10.7. The van der Waals surface area contributed by atoms with Crippen LogP contribution in [0.15, 0.2) is 79.0 Å². The second kappa shape index (κ2) is 7.98. The highest BCUT2D eigenvalue weighted by molar-refractivity contribution is 6.08. The van der Waals surface area contributed by atoms with E-state index in [0.717, 1.165) is 16.5 Å². The van der Waals surface area contributed by atoms with E-state index >= 15 is 0 Å². The van der Waals surface area contributed by atoms with E-state index < -0.39 is 5.97 Å². The van der Waals surface area contributed by atoms with Crippen molar-refractivity contribution in [3.63, 3.8) is 0 Å². The zero-order chi connectivity index (χ0) is 20.2. The monoisotopic (exact) mass is 385 g/mol. The summed E-state index contributed by atoms with van der Waals surface area (Å²) in [5.74, 6) is -0.791. The van der Waals surface area contributed by atoms with E-state index in [2.05, 4.69) is 10.4 Å². The number of ether oxygens (including phenoxy) is 1. The molecule has 6 heteroatoms. The molecule has 0 fully saturated rings. The van der Waals surface area contributed by atoms with Crippen LogP contribution in [0.5, 0.6) is 0 Å². The summed E-state index contributed by atoms with van der Waals surface area (Å²) in [5.41, 5.74) is 3.21. The van der Waals surface area contributed by atoms with Crippen molar-refractivity contribution in [3.8, 4) is 0 Å². The number of carbonyl (C=O) groups excluding carboxylic acids is 2. The fourth-order valence-corrected chi connectivity index (χ4v) is 3.12. The quantitative estimate of drug-likeness (QED) is 0.525. The summed E-state index contributed by atoms with van der Waals surface area (Å²) in [6.07, 6.45) is 2.00. The van der Waals surface area contributed by atoms with E-state index in [4.69, 9.17) is 4.74 Å². The number of esters is 1. The summed E-state index contributed by atoms with van der Waals surface area (Å²) >= 11 is 0. The van der Waals surface area contributed by atoms with Crippen LogP contribution in [0, 0.1) is 0 Å². The number of hydrogen-bond acceptors (Lipinski definition) is 4. The predicted octanol–water partition coefficient (Wildman–Crippen LogP) is 4.12. The molecule has 1 N–H and O–H groups in total. The molecular formula is C23H19N3O3. The number of aromatic nitrogens is 2. The molecule has 0 atom stereocenters. The Morgan fingerprint density at radius 1 is 0.966 bits per heavy atom. The maximum absolute atomic E-state index is 12.6. The number of amides is 1. The van der Waals surface area contributed by atoms with Crippen molar-refractivity contribution >= 4 is 28.5 Å². The summed E-state index contributed by atoms with van der Waals surface area (Å²) in [7, 11) is 1.31. The van der Waals surface area contributed by atoms with E-state index in [-0.39, 0.29) is 5.91 Å². The highest BCUT2D eigenvalue weighted by Crippen LogP contribution is 2.18. The van der Waals surface area contributed by atoms with E-state index in [9.17, 15) is 9.59 Å². The lowest BCUT2D eigenvalue weighted by Gasteiger charge is -2.10. The number of benzene rings is 3. The Bertz CT molecular complexity index is 1150. The van der Waals surface area contributed by atoms with E-state index in [0.29, 0.717) is 23.4 Å². The molecule has 0 saturated carbocycles. The van der Waals surface area contributed by atoms with Crippen molar-refractivity contribution in [1.82, 2.24) is 9.78 Å². The van der Waals surface area contributed by atoms with Crippen molar-refractivity contribution in [2.45, 2.75) is 6.54 Å². The lowest BCUT2D eigenvalue weighted by molar-refractivity contribution is 0.0602. The fourth-order valence-electron chi connectivity index (χ4n) is 3.12. The van der Waals surface area contributed by atoms with Crippen LogP contribution in [-0.4, -0.2) is 28.8 Å². The van der Waals surface area contributed by atoms with Gasteiger partial charge < -0.3 is 10.1 Å². The van der Waals surface area contributed by atoms with Crippen LogP contribution in [0.25, 0.3) is 10.9 Å². The zero-order valence-electron chi connectivity index (χ0n) is 15.8. The number of nitrogens with zero attached hydrogens (tertiary/aromatic N) is 2. The summed E-state index contributed by atoms with van der Waals surface area (Å²) in [4.78, 5) is 24.4. The van der Waals surface area contributed by atoms with Gasteiger partial charge in [-0.15, -0.1) is 0 Å². The first-order valence-corrected chi connectivity index (χ1v) is 9.14. The number of carbonyl (C=O) groups is 2. The molecule has 4 rings (SSSR count). The molecule has 0 saturated heterocycles. The van der Waals surface area contributed by atoms with E-state index in [1.54, 1.807) is 36.4 Å². The Labute approximate surface area is 167 Å². The molecule has 29 heavy (non-hydrogen) atoms. The molecule has 144 valence electrons. The summed E-state index contributed by atoms with van der Waals surface area (Å²) in [6, 6.07) is 22.0. The van der Waals surface area contributed by atoms with Gasteiger partial charge in [0.15, 0.2) is 0 Å². The fraction of sp³-hybridized carbons (Fsp3) is 0.0870. The van der Waals surface area contributed by atoms with Gasteiger partial charge in [0.05, 0.1) is 30.4 Å². The van der Waals surface area contributed by atoms with Gasteiger partial charge in [-0.05, 0) is 35.9 Å². The zero-order valence-corrected chi connectivity index (χ0v) is 15.8. The smallest absolute Gasteiger partial charge is 0.339 e. The van der Waals surface area contributed by atoms with Gasteiger partial charge >= 0.3 is 5.97 Å². The molecule has 1 aromatic heterocycles. The molecule has 0 bridgehead atoms. The van der Waals surface area contributed by atoms with Crippen LogP contribution in [0.2, 0.25) is 0 Å². The third-order valence-corrected chi connectivity index (χ3v) is 4.60. The first-order valence-electron chi connectivity index (χ1n) is 9.14. The SMILES string of the molecule is COC(=O)c1ccccc1NC(=O)c1ccc(Cn2cc3ccccc3n2)cc1. The van der Waals surface area contributed by atoms with Crippen LogP contribution in [0.1, 0.15) is 26.3 Å². The lowest BCUT2D eigenvalue weighted by atomic mass is 10.1. The maximum Gasteiger partial charge on any atom is 0.339 e. The van der Waals surface area contributed by atoms with Crippen LogP contribution < -0.4 is 5.32 Å². The van der Waals surface area contributed by atoms with Crippen LogP contribution in [0.4, 0.5) is 5.69 Å². The van der Waals surface area contributed by atoms with Crippen LogP contribution in [-0.2, 0) is 11.3 Å². The van der Waals surface area contributed by atoms with Gasteiger partial charge in [0.1, 0.15) is 0 Å². The average molecular weight is 385 g/mol. The van der Waals surface area contributed by atoms with E-state index in [1.807, 2.05) is 47.3 Å². The Morgan fingerprint density at radius 3 is 2.45 bits per heavy atom. The van der Waals surface area contributed by atoms with Crippen LogP contribution in [0.3, 0.4) is 0 Å². The molecular weight excluding hydrogens is 366 g/mol. The number of hydrogen-bond donors (Lipinski definition) is 1. The minimum atomic E-state index is -0.497. The van der Waals surface area contributed by atoms with Gasteiger partial charge in [0.2, 0.25) is 0 Å². The maximum atomic E-state index is 12.6. The molecule has 0 aliphatic heterocycles. The van der Waals surface area contributed by atoms with Crippen molar-refractivity contribution in [3.05, 3.63) is 95.7 Å². The molecule has 3 aromatic carbocycles. The highest BCUT2D eigenvalue weighted by Gasteiger charge is 2.14. The van der Waals surface area contributed by atoms with Crippen LogP contribution >= 0.6 is 0 Å². The standard InChI is InChI=1S/C23H19N3O3/c1-29-23(28)19-7-3-5-9-21(19)24-22(27)17-12-10-16(11-13-17)14-26-15-18-6-2-4-8-20(18)25-26/h2-13,15H,14H2,1H3,(H,24,27). The predicted molar refractivity (Wildman–Crippen MR) is 111 cm³/mol. The molecule has 0 aliphatic carbocycles. The Hall–Kier alpha value is -3.93. The molecule has 0 unspecified atom stereocenters. The molecule has 0 radical (unpaired) electrons. The average Bonchev–Trinajstić information content (AvgIpc) is 3.16.